The van der Waals surface area contributed by atoms with Gasteiger partial charge in [0.05, 0.1) is 7.11 Å². The minimum Gasteiger partial charge on any atom is -0.508 e. The van der Waals surface area contributed by atoms with Crippen LogP contribution in [0.2, 0.25) is 0 Å². The number of phenols is 1. The van der Waals surface area contributed by atoms with E-state index in [-0.39, 0.29) is 5.75 Å². The third kappa shape index (κ3) is 2.08. The van der Waals surface area contributed by atoms with Crippen LogP contribution in [0.3, 0.4) is 0 Å². The number of aromatic nitrogens is 2. The van der Waals surface area contributed by atoms with E-state index in [1.165, 1.54) is 7.11 Å². The molecule has 0 amide bonds. The normalized spacial score (nSPS) is 17.5. The smallest absolute Gasteiger partial charge is 0.341 e. The number of pyridine rings is 1. The molecule has 2 aromatic heterocycles. The summed E-state index contributed by atoms with van der Waals surface area (Å²) < 4.78 is 5.27. The average Bonchev–Trinajstić information content (AvgIpc) is 3.12. The number of methoxy groups -OCH3 is 1. The molecule has 1 aliphatic rings. The molecule has 0 aliphatic carbocycles. The van der Waals surface area contributed by atoms with Crippen LogP contribution in [0.4, 0.5) is 5.69 Å². The van der Waals surface area contributed by atoms with Crippen LogP contribution in [-0.4, -0.2) is 28.2 Å². The second-order valence-corrected chi connectivity index (χ2v) is 6.74. The fraction of sp³-hybridized carbons (Fsp3) is 0.0909. The number of anilines is 1. The molecule has 3 heterocycles. The van der Waals surface area contributed by atoms with Gasteiger partial charge < -0.3 is 20.1 Å². The molecular weight excluding hydrogens is 354 g/mol. The van der Waals surface area contributed by atoms with Crippen molar-refractivity contribution in [2.24, 2.45) is 0 Å². The molecule has 0 spiro atoms. The van der Waals surface area contributed by atoms with E-state index in [1.807, 2.05) is 30.3 Å². The molecule has 0 radical (unpaired) electrons. The number of hydrogen-bond donors (Lipinski definition) is 3. The van der Waals surface area contributed by atoms with E-state index >= 15 is 0 Å². The minimum absolute atomic E-state index is 0.124. The van der Waals surface area contributed by atoms with E-state index in [1.54, 1.807) is 36.7 Å². The van der Waals surface area contributed by atoms with Gasteiger partial charge in [0.25, 0.3) is 0 Å². The molecule has 138 valence electrons. The summed E-state index contributed by atoms with van der Waals surface area (Å²) in [6.07, 6.45) is 3.55. The highest BCUT2D eigenvalue weighted by Gasteiger charge is 2.47. The number of hydrogen-bond acceptors (Lipinski definition) is 5. The molecule has 6 heteroatoms. The van der Waals surface area contributed by atoms with Crippen LogP contribution >= 0.6 is 0 Å². The number of aromatic hydroxyl groups is 1. The number of rotatable bonds is 2. The third-order valence-corrected chi connectivity index (χ3v) is 5.31. The summed E-state index contributed by atoms with van der Waals surface area (Å²) in [5.41, 5.74) is 3.53. The Morgan fingerprint density at radius 2 is 1.86 bits per heavy atom. The standard InChI is InChI=1S/C22H17N3O3/c1-28-21(27)22(13-6-8-14(26)9-7-13)17-12-24-20-19(17)16(10-11-23-20)15-4-2-3-5-18(15)25-22/h2-12,25-26H,1H3,(H,23,24). The molecule has 6 nitrogen and oxygen atoms in total. The quantitative estimate of drug-likeness (QED) is 0.467. The first-order valence-corrected chi connectivity index (χ1v) is 8.87. The summed E-state index contributed by atoms with van der Waals surface area (Å²) in [5, 5.41) is 14.1. The molecule has 0 saturated carbocycles. The zero-order valence-electron chi connectivity index (χ0n) is 15.1. The van der Waals surface area contributed by atoms with E-state index in [9.17, 15) is 9.90 Å². The summed E-state index contributed by atoms with van der Waals surface area (Å²) in [5.74, 6) is -0.329. The van der Waals surface area contributed by atoms with Crippen molar-refractivity contribution >= 4 is 22.7 Å². The van der Waals surface area contributed by atoms with Crippen LogP contribution < -0.4 is 5.32 Å². The first-order chi connectivity index (χ1) is 13.6. The number of fused-ring (bicyclic) bond motifs is 2. The van der Waals surface area contributed by atoms with Gasteiger partial charge in [0.15, 0.2) is 5.54 Å². The van der Waals surface area contributed by atoms with Crippen molar-refractivity contribution in [2.75, 3.05) is 12.4 Å². The van der Waals surface area contributed by atoms with Gasteiger partial charge in [-0.05, 0) is 35.4 Å². The monoisotopic (exact) mass is 371 g/mol. The van der Waals surface area contributed by atoms with E-state index in [0.717, 1.165) is 27.8 Å². The Morgan fingerprint density at radius 3 is 2.64 bits per heavy atom. The number of H-pyrrole nitrogens is 1. The number of phenolic OH excluding ortho intramolecular Hbond substituents is 1. The van der Waals surface area contributed by atoms with Gasteiger partial charge in [-0.15, -0.1) is 0 Å². The van der Waals surface area contributed by atoms with Crippen LogP contribution in [0, 0.1) is 0 Å². The lowest BCUT2D eigenvalue weighted by Gasteiger charge is -2.32. The largest absolute Gasteiger partial charge is 0.508 e. The van der Waals surface area contributed by atoms with E-state index in [2.05, 4.69) is 15.3 Å². The minimum atomic E-state index is -1.30. The zero-order valence-corrected chi connectivity index (χ0v) is 15.1. The lowest BCUT2D eigenvalue weighted by Crippen LogP contribution is -2.45. The van der Waals surface area contributed by atoms with Gasteiger partial charge in [-0.1, -0.05) is 30.3 Å². The van der Waals surface area contributed by atoms with Crippen LogP contribution in [-0.2, 0) is 15.1 Å². The van der Waals surface area contributed by atoms with E-state index in [0.29, 0.717) is 11.2 Å². The highest BCUT2D eigenvalue weighted by Crippen LogP contribution is 2.47. The first kappa shape index (κ1) is 16.4. The number of para-hydroxylation sites is 1. The number of nitrogens with one attached hydrogen (secondary N) is 2. The molecule has 0 fully saturated rings. The number of carbonyl (C=O) groups is 1. The lowest BCUT2D eigenvalue weighted by atomic mass is 9.82. The molecule has 1 atom stereocenters. The molecule has 1 unspecified atom stereocenters. The number of esters is 1. The van der Waals surface area contributed by atoms with Gasteiger partial charge in [0, 0.05) is 34.6 Å². The van der Waals surface area contributed by atoms with Crippen molar-refractivity contribution in [3.05, 3.63) is 78.1 Å². The van der Waals surface area contributed by atoms with Crippen molar-refractivity contribution in [1.82, 2.24) is 9.97 Å². The Balaban J connectivity index is 1.95. The fourth-order valence-electron chi connectivity index (χ4n) is 4.04. The van der Waals surface area contributed by atoms with Gasteiger partial charge in [0.1, 0.15) is 11.4 Å². The maximum atomic E-state index is 13.3. The Labute approximate surface area is 160 Å². The lowest BCUT2D eigenvalue weighted by molar-refractivity contribution is -0.144. The molecule has 0 bridgehead atoms. The van der Waals surface area contributed by atoms with Gasteiger partial charge in [-0.25, -0.2) is 9.78 Å². The first-order valence-electron chi connectivity index (χ1n) is 8.87. The highest BCUT2D eigenvalue weighted by atomic mass is 16.5. The van der Waals surface area contributed by atoms with Gasteiger partial charge in [-0.3, -0.25) is 0 Å². The number of benzene rings is 2. The summed E-state index contributed by atoms with van der Waals surface area (Å²) >= 11 is 0. The summed E-state index contributed by atoms with van der Waals surface area (Å²) in [6.45, 7) is 0. The number of aromatic amines is 1. The fourth-order valence-corrected chi connectivity index (χ4v) is 4.04. The number of carbonyl (C=O) groups excluding carboxylic acids is 1. The summed E-state index contributed by atoms with van der Waals surface area (Å²) in [7, 11) is 1.37. The Bertz CT molecular complexity index is 1210. The molecule has 4 aromatic rings. The van der Waals surface area contributed by atoms with E-state index in [4.69, 9.17) is 4.74 Å². The molecule has 0 saturated heterocycles. The molecule has 28 heavy (non-hydrogen) atoms. The van der Waals surface area contributed by atoms with Crippen LogP contribution in [0.25, 0.3) is 22.2 Å². The SMILES string of the molecule is COC(=O)C1(c2ccc(O)cc2)Nc2ccccc2-c2ccnc3[nH]cc1c23. The second kappa shape index (κ2) is 5.85. The van der Waals surface area contributed by atoms with Crippen molar-refractivity contribution in [1.29, 1.82) is 0 Å². The maximum Gasteiger partial charge on any atom is 0.341 e. The third-order valence-electron chi connectivity index (χ3n) is 5.31. The number of nitrogens with zero attached hydrogens (tertiary/aromatic N) is 1. The summed E-state index contributed by atoms with van der Waals surface area (Å²) in [4.78, 5) is 20.9. The van der Waals surface area contributed by atoms with Crippen LogP contribution in [0.1, 0.15) is 11.1 Å². The van der Waals surface area contributed by atoms with Gasteiger partial charge in [0.2, 0.25) is 0 Å². The van der Waals surface area contributed by atoms with Crippen molar-refractivity contribution in [3.63, 3.8) is 0 Å². The topological polar surface area (TPSA) is 87.2 Å². The van der Waals surface area contributed by atoms with Crippen molar-refractivity contribution < 1.29 is 14.6 Å². The Hall–Kier alpha value is -3.80. The zero-order chi connectivity index (χ0) is 19.3. The van der Waals surface area contributed by atoms with E-state index < -0.39 is 11.5 Å². The maximum absolute atomic E-state index is 13.3. The Kier molecular flexibility index (Phi) is 3.42. The predicted octanol–water partition coefficient (Wildman–Crippen LogP) is 3.78. The number of ether oxygens (including phenoxy) is 1. The molecule has 2 aromatic carbocycles. The molecule has 3 N–H and O–H groups in total. The molecule has 5 rings (SSSR count). The van der Waals surface area contributed by atoms with Crippen molar-refractivity contribution in [3.8, 4) is 16.9 Å². The second-order valence-electron chi connectivity index (χ2n) is 6.74. The Morgan fingerprint density at radius 1 is 1.07 bits per heavy atom. The predicted molar refractivity (Wildman–Crippen MR) is 106 cm³/mol. The average molecular weight is 371 g/mol. The highest BCUT2D eigenvalue weighted by molar-refractivity contribution is 6.07. The molecule has 1 aliphatic heterocycles. The van der Waals surface area contributed by atoms with Crippen molar-refractivity contribution in [2.45, 2.75) is 5.54 Å². The van der Waals surface area contributed by atoms with Gasteiger partial charge in [-0.2, -0.15) is 0 Å². The van der Waals surface area contributed by atoms with Crippen LogP contribution in [0.5, 0.6) is 5.75 Å². The van der Waals surface area contributed by atoms with Crippen LogP contribution in [0.15, 0.2) is 67.0 Å². The summed E-state index contributed by atoms with van der Waals surface area (Å²) in [6, 6.07) is 16.4. The molecular formula is C22H17N3O3. The van der Waals surface area contributed by atoms with Gasteiger partial charge >= 0.3 is 5.97 Å².